The van der Waals surface area contributed by atoms with Crippen LogP contribution < -0.4 is 14.3 Å². The Morgan fingerprint density at radius 1 is 1.19 bits per heavy atom. The molecular weight excluding hydrogens is 376 g/mol. The molecule has 0 radical (unpaired) electrons. The number of hydrazone groups is 1. The van der Waals surface area contributed by atoms with Crippen LogP contribution in [0.2, 0.25) is 5.02 Å². The molecule has 0 aromatic heterocycles. The van der Waals surface area contributed by atoms with Crippen LogP contribution in [0, 0.1) is 5.92 Å². The summed E-state index contributed by atoms with van der Waals surface area (Å²) in [5, 5.41) is 4.08. The summed E-state index contributed by atoms with van der Waals surface area (Å²) >= 11 is 5.87. The highest BCUT2D eigenvalue weighted by Crippen LogP contribution is 2.26. The van der Waals surface area contributed by atoms with E-state index in [1.54, 1.807) is 30.3 Å². The van der Waals surface area contributed by atoms with Gasteiger partial charge in [-0.1, -0.05) is 25.4 Å². The van der Waals surface area contributed by atoms with Crippen LogP contribution in [0.25, 0.3) is 0 Å². The Balaban J connectivity index is 2.06. The van der Waals surface area contributed by atoms with Gasteiger partial charge in [0.25, 0.3) is 10.0 Å². The molecule has 0 amide bonds. The van der Waals surface area contributed by atoms with E-state index in [2.05, 4.69) is 23.8 Å². The van der Waals surface area contributed by atoms with Gasteiger partial charge in [-0.2, -0.15) is 18.4 Å². The molecule has 26 heavy (non-hydrogen) atoms. The lowest BCUT2D eigenvalue weighted by molar-refractivity contribution is 0.271. The molecule has 0 unspecified atom stereocenters. The molecule has 0 saturated heterocycles. The van der Waals surface area contributed by atoms with E-state index in [0.29, 0.717) is 12.5 Å². The monoisotopic (exact) mass is 396 g/mol. The lowest BCUT2D eigenvalue weighted by atomic mass is 10.2. The maximum absolute atomic E-state index is 12.4. The number of nitrogens with one attached hydrogen (secondary N) is 1. The average molecular weight is 397 g/mol. The number of nitrogens with zero attached hydrogens (tertiary/aromatic N) is 1. The number of rotatable bonds is 8. The first kappa shape index (κ1) is 20.1. The lowest BCUT2D eigenvalue weighted by Gasteiger charge is -2.09. The van der Waals surface area contributed by atoms with E-state index in [4.69, 9.17) is 21.1 Å². The van der Waals surface area contributed by atoms with Crippen molar-refractivity contribution in [1.29, 1.82) is 0 Å². The topological polar surface area (TPSA) is 77.0 Å². The van der Waals surface area contributed by atoms with Crippen molar-refractivity contribution in [2.24, 2.45) is 11.0 Å². The summed E-state index contributed by atoms with van der Waals surface area (Å²) in [6, 6.07) is 11.5. The fraction of sp³-hybridized carbons (Fsp3) is 0.278. The number of hydrogen-bond donors (Lipinski definition) is 1. The van der Waals surface area contributed by atoms with Crippen LogP contribution in [0.5, 0.6) is 11.5 Å². The molecule has 8 heteroatoms. The summed E-state index contributed by atoms with van der Waals surface area (Å²) in [5.41, 5.74) is 0.725. The van der Waals surface area contributed by atoms with Gasteiger partial charge in [0, 0.05) is 5.02 Å². The summed E-state index contributed by atoms with van der Waals surface area (Å²) in [4.78, 5) is 2.07. The summed E-state index contributed by atoms with van der Waals surface area (Å²) in [5.74, 6) is 1.37. The van der Waals surface area contributed by atoms with Crippen LogP contribution in [0.1, 0.15) is 19.4 Å². The van der Waals surface area contributed by atoms with Crippen LogP contribution in [0.4, 0.5) is 0 Å². The fourth-order valence-electron chi connectivity index (χ4n) is 1.99. The van der Waals surface area contributed by atoms with E-state index in [0.717, 1.165) is 11.3 Å². The second kappa shape index (κ2) is 8.91. The Labute approximate surface area is 158 Å². The molecule has 0 heterocycles. The molecule has 0 aliphatic heterocycles. The number of sulfonamides is 1. The minimum atomic E-state index is -3.90. The van der Waals surface area contributed by atoms with E-state index >= 15 is 0 Å². The Hall–Kier alpha value is -2.25. The van der Waals surface area contributed by atoms with E-state index in [-0.39, 0.29) is 15.7 Å². The highest BCUT2D eigenvalue weighted by molar-refractivity contribution is 7.89. The number of hydrogen-bond acceptors (Lipinski definition) is 5. The highest BCUT2D eigenvalue weighted by atomic mass is 35.5. The summed E-state index contributed by atoms with van der Waals surface area (Å²) in [6.07, 6.45) is 1.40. The van der Waals surface area contributed by atoms with Crippen LogP contribution in [-0.2, 0) is 10.0 Å². The first-order valence-electron chi connectivity index (χ1n) is 7.93. The minimum Gasteiger partial charge on any atom is -0.495 e. The van der Waals surface area contributed by atoms with Crippen molar-refractivity contribution in [3.8, 4) is 11.5 Å². The van der Waals surface area contributed by atoms with E-state index in [1.807, 2.05) is 0 Å². The predicted molar refractivity (Wildman–Crippen MR) is 103 cm³/mol. The molecule has 2 aromatic carbocycles. The van der Waals surface area contributed by atoms with Crippen molar-refractivity contribution in [2.45, 2.75) is 18.7 Å². The third-order valence-electron chi connectivity index (χ3n) is 3.27. The van der Waals surface area contributed by atoms with Gasteiger partial charge in [0.05, 0.1) is 19.9 Å². The third-order valence-corrected chi connectivity index (χ3v) is 4.74. The van der Waals surface area contributed by atoms with Gasteiger partial charge in [-0.05, 0) is 53.9 Å². The number of halogens is 1. The maximum Gasteiger partial charge on any atom is 0.280 e. The second-order valence-electron chi connectivity index (χ2n) is 5.92. The first-order valence-corrected chi connectivity index (χ1v) is 9.79. The Bertz CT molecular complexity index is 865. The molecule has 0 bridgehead atoms. The molecule has 0 fully saturated rings. The standard InChI is InChI=1S/C18H21ClN2O4S/c1-13(2)12-25-16-7-4-14(5-8-16)11-20-21-26(22,23)18-10-15(19)6-9-17(18)24-3/h4-11,13,21H,12H2,1-3H3/b20-11+. The van der Waals surface area contributed by atoms with E-state index in [9.17, 15) is 8.42 Å². The molecule has 0 aliphatic rings. The number of benzene rings is 2. The van der Waals surface area contributed by atoms with E-state index < -0.39 is 10.0 Å². The van der Waals surface area contributed by atoms with Crippen LogP contribution in [0.15, 0.2) is 52.5 Å². The zero-order valence-electron chi connectivity index (χ0n) is 14.8. The van der Waals surface area contributed by atoms with E-state index in [1.165, 1.54) is 25.5 Å². The van der Waals surface area contributed by atoms with Crippen LogP contribution >= 0.6 is 11.6 Å². The molecule has 0 spiro atoms. The largest absolute Gasteiger partial charge is 0.495 e. The minimum absolute atomic E-state index is 0.0814. The zero-order chi connectivity index (χ0) is 19.2. The van der Waals surface area contributed by atoms with Gasteiger partial charge in [-0.25, -0.2) is 0 Å². The van der Waals surface area contributed by atoms with Crippen LogP contribution in [-0.4, -0.2) is 28.3 Å². The maximum atomic E-state index is 12.4. The van der Waals surface area contributed by atoms with Gasteiger partial charge < -0.3 is 9.47 Å². The molecule has 2 aromatic rings. The van der Waals surface area contributed by atoms with Gasteiger partial charge >= 0.3 is 0 Å². The molecule has 6 nitrogen and oxygen atoms in total. The Kier molecular flexibility index (Phi) is 6.88. The average Bonchev–Trinajstić information content (AvgIpc) is 2.61. The van der Waals surface area contributed by atoms with Crippen molar-refractivity contribution in [1.82, 2.24) is 4.83 Å². The SMILES string of the molecule is COc1ccc(Cl)cc1S(=O)(=O)N/N=C/c1ccc(OCC(C)C)cc1. The first-order chi connectivity index (χ1) is 12.3. The highest BCUT2D eigenvalue weighted by Gasteiger charge is 2.19. The van der Waals surface area contributed by atoms with Gasteiger partial charge in [0.2, 0.25) is 0 Å². The molecule has 1 N–H and O–H groups in total. The number of methoxy groups -OCH3 is 1. The molecule has 0 aliphatic carbocycles. The van der Waals surface area contributed by atoms with Crippen molar-refractivity contribution in [3.63, 3.8) is 0 Å². The zero-order valence-corrected chi connectivity index (χ0v) is 16.3. The Morgan fingerprint density at radius 2 is 1.88 bits per heavy atom. The second-order valence-corrected chi connectivity index (χ2v) is 7.99. The Morgan fingerprint density at radius 3 is 2.50 bits per heavy atom. The molecular formula is C18H21ClN2O4S. The normalized spacial score (nSPS) is 11.7. The van der Waals surface area contributed by atoms with Crippen molar-refractivity contribution >= 4 is 27.8 Å². The van der Waals surface area contributed by atoms with Crippen molar-refractivity contribution in [2.75, 3.05) is 13.7 Å². The van der Waals surface area contributed by atoms with Crippen molar-refractivity contribution in [3.05, 3.63) is 53.1 Å². The quantitative estimate of drug-likeness (QED) is 0.545. The van der Waals surface area contributed by atoms with Crippen LogP contribution in [0.3, 0.4) is 0 Å². The summed E-state index contributed by atoms with van der Waals surface area (Å²) in [6.45, 7) is 4.78. The fourth-order valence-corrected chi connectivity index (χ4v) is 3.22. The van der Waals surface area contributed by atoms with Gasteiger partial charge in [-0.3, -0.25) is 0 Å². The van der Waals surface area contributed by atoms with Crippen molar-refractivity contribution < 1.29 is 17.9 Å². The predicted octanol–water partition coefficient (Wildman–Crippen LogP) is 3.70. The molecule has 0 saturated carbocycles. The number of ether oxygens (including phenoxy) is 2. The summed E-state index contributed by atoms with van der Waals surface area (Å²) < 4.78 is 35.4. The van der Waals surface area contributed by atoms with Gasteiger partial charge in [0.15, 0.2) is 0 Å². The summed E-state index contributed by atoms with van der Waals surface area (Å²) in [7, 11) is -2.52. The molecule has 0 atom stereocenters. The molecule has 140 valence electrons. The lowest BCUT2D eigenvalue weighted by Crippen LogP contribution is -2.19. The third kappa shape index (κ3) is 5.64. The molecule has 2 rings (SSSR count). The van der Waals surface area contributed by atoms with Gasteiger partial charge in [-0.15, -0.1) is 0 Å². The van der Waals surface area contributed by atoms with Gasteiger partial charge in [0.1, 0.15) is 16.4 Å². The smallest absolute Gasteiger partial charge is 0.280 e.